The summed E-state index contributed by atoms with van der Waals surface area (Å²) in [5, 5.41) is 0. The number of nitrogens with zero attached hydrogens (tertiary/aromatic N) is 2. The zero-order chi connectivity index (χ0) is 17.9. The number of hydrogen-bond acceptors (Lipinski definition) is 2. The monoisotopic (exact) mass is 327 g/mol. The van der Waals surface area contributed by atoms with Gasteiger partial charge in [0, 0.05) is 12.3 Å². The van der Waals surface area contributed by atoms with Crippen molar-refractivity contribution in [1.82, 2.24) is 9.47 Å². The first kappa shape index (κ1) is 18.5. The second kappa shape index (κ2) is 7.35. The molecule has 0 atom stereocenters. The Morgan fingerprint density at radius 1 is 1.00 bits per heavy atom. The van der Waals surface area contributed by atoms with E-state index in [4.69, 9.17) is 4.74 Å². The van der Waals surface area contributed by atoms with Gasteiger partial charge in [0.05, 0.1) is 26.2 Å². The minimum atomic E-state index is 0.586. The van der Waals surface area contributed by atoms with E-state index in [1.165, 1.54) is 11.3 Å². The van der Waals surface area contributed by atoms with E-state index < -0.39 is 0 Å². The lowest BCUT2D eigenvalue weighted by molar-refractivity contribution is 0.275. The van der Waals surface area contributed by atoms with Crippen LogP contribution in [-0.2, 0) is 0 Å². The molecule has 0 aliphatic carbocycles. The van der Waals surface area contributed by atoms with Gasteiger partial charge >= 0.3 is 0 Å². The van der Waals surface area contributed by atoms with E-state index in [1.807, 2.05) is 6.20 Å². The predicted octanol–water partition coefficient (Wildman–Crippen LogP) is 5.55. The molecule has 0 spiro atoms. The van der Waals surface area contributed by atoms with Crippen LogP contribution in [0.3, 0.4) is 0 Å². The maximum atomic E-state index is 6.16. The first-order valence-corrected chi connectivity index (χ1v) is 8.85. The molecule has 1 aromatic carbocycles. The third-order valence-electron chi connectivity index (χ3n) is 5.05. The number of aryl methyl sites for hydroxylation is 3. The molecule has 0 aliphatic rings. The molecule has 0 N–H and O–H groups in total. The molecule has 0 bridgehead atoms. The molecule has 3 heteroatoms. The average molecular weight is 327 g/mol. The highest BCUT2D eigenvalue weighted by Gasteiger charge is 2.28. The molecule has 2 rings (SSSR count). The lowest BCUT2D eigenvalue weighted by Gasteiger charge is -2.36. The van der Waals surface area contributed by atoms with Crippen LogP contribution in [0.15, 0.2) is 30.5 Å². The van der Waals surface area contributed by atoms with Crippen molar-refractivity contribution in [3.8, 4) is 11.6 Å². The number of pyridine rings is 1. The molecule has 130 valence electrons. The van der Waals surface area contributed by atoms with Crippen LogP contribution >= 0.6 is 0 Å². The fourth-order valence-electron chi connectivity index (χ4n) is 3.66. The van der Waals surface area contributed by atoms with Gasteiger partial charge in [-0.1, -0.05) is 31.5 Å². The maximum Gasteiger partial charge on any atom is 0.225 e. The van der Waals surface area contributed by atoms with E-state index in [1.54, 1.807) is 0 Å². The number of aromatic nitrogens is 1. The van der Waals surface area contributed by atoms with Crippen LogP contribution in [0.25, 0.3) is 0 Å². The summed E-state index contributed by atoms with van der Waals surface area (Å²) in [5.41, 5.74) is 4.78. The normalized spacial score (nSPS) is 11.8. The van der Waals surface area contributed by atoms with E-state index in [9.17, 15) is 0 Å². The lowest BCUT2D eigenvalue weighted by atomic mass is 10.1. The van der Waals surface area contributed by atoms with Crippen molar-refractivity contribution in [3.63, 3.8) is 0 Å². The molecule has 0 fully saturated rings. The van der Waals surface area contributed by atoms with Crippen LogP contribution in [0.5, 0.6) is 11.6 Å². The average Bonchev–Trinajstić information content (AvgIpc) is 2.52. The van der Waals surface area contributed by atoms with Crippen LogP contribution in [0.1, 0.15) is 43.4 Å². The Morgan fingerprint density at radius 2 is 1.58 bits per heavy atom. The highest BCUT2D eigenvalue weighted by Crippen LogP contribution is 2.32. The SMILES string of the molecule is CCC(CC)[N+](C)(C)c1ccnc(Oc2c(C)cc(C)cc2C)c1. The van der Waals surface area contributed by atoms with Gasteiger partial charge < -0.3 is 4.74 Å². The Morgan fingerprint density at radius 3 is 2.12 bits per heavy atom. The largest absolute Gasteiger partial charge is 0.438 e. The van der Waals surface area contributed by atoms with Crippen molar-refractivity contribution in [2.75, 3.05) is 14.1 Å². The number of hydrogen-bond donors (Lipinski definition) is 0. The molecule has 3 nitrogen and oxygen atoms in total. The van der Waals surface area contributed by atoms with Crippen molar-refractivity contribution in [2.24, 2.45) is 0 Å². The molecular formula is C21H31N2O+. The third kappa shape index (κ3) is 3.78. The minimum absolute atomic E-state index is 0.586. The van der Waals surface area contributed by atoms with Crippen LogP contribution < -0.4 is 9.22 Å². The quantitative estimate of drug-likeness (QED) is 0.648. The van der Waals surface area contributed by atoms with Gasteiger partial charge in [-0.15, -0.1) is 0 Å². The first-order chi connectivity index (χ1) is 11.3. The summed E-state index contributed by atoms with van der Waals surface area (Å²) in [6.07, 6.45) is 4.16. The van der Waals surface area contributed by atoms with E-state index in [0.717, 1.165) is 34.2 Å². The fraction of sp³-hybridized carbons (Fsp3) is 0.476. The Bertz CT molecular complexity index is 680. The zero-order valence-corrected chi connectivity index (χ0v) is 16.2. The second-order valence-corrected chi connectivity index (χ2v) is 7.19. The smallest absolute Gasteiger partial charge is 0.225 e. The molecule has 1 aromatic heterocycles. The first-order valence-electron chi connectivity index (χ1n) is 8.85. The molecule has 0 amide bonds. The van der Waals surface area contributed by atoms with Crippen molar-refractivity contribution in [2.45, 2.75) is 53.5 Å². The molecule has 0 aliphatic heterocycles. The summed E-state index contributed by atoms with van der Waals surface area (Å²) in [7, 11) is 4.53. The number of ether oxygens (including phenoxy) is 1. The van der Waals surface area contributed by atoms with E-state index in [0.29, 0.717) is 11.9 Å². The van der Waals surface area contributed by atoms with Crippen LogP contribution in [0.4, 0.5) is 5.69 Å². The highest BCUT2D eigenvalue weighted by molar-refractivity contribution is 5.48. The standard InChI is InChI=1S/C21H31N2O/c1-8-18(9-2)23(6,7)19-10-11-22-20(14-19)24-21-16(4)12-15(3)13-17(21)5/h10-14,18H,8-9H2,1-7H3/q+1. The number of quaternary nitrogens is 1. The van der Waals surface area contributed by atoms with E-state index >= 15 is 0 Å². The topological polar surface area (TPSA) is 22.1 Å². The van der Waals surface area contributed by atoms with Gasteiger partial charge in [0.1, 0.15) is 11.4 Å². The summed E-state index contributed by atoms with van der Waals surface area (Å²) >= 11 is 0. The van der Waals surface area contributed by atoms with Crippen LogP contribution in [0, 0.1) is 20.8 Å². The van der Waals surface area contributed by atoms with Gasteiger partial charge in [0.25, 0.3) is 0 Å². The highest BCUT2D eigenvalue weighted by atomic mass is 16.5. The predicted molar refractivity (Wildman–Crippen MR) is 103 cm³/mol. The molecule has 0 saturated carbocycles. The molecular weight excluding hydrogens is 296 g/mol. The summed E-state index contributed by atoms with van der Waals surface area (Å²) in [4.78, 5) is 4.43. The number of benzene rings is 1. The van der Waals surface area contributed by atoms with Gasteiger partial charge in [-0.25, -0.2) is 4.98 Å². The lowest BCUT2D eigenvalue weighted by Crippen LogP contribution is -2.49. The summed E-state index contributed by atoms with van der Waals surface area (Å²) < 4.78 is 7.00. The molecule has 24 heavy (non-hydrogen) atoms. The fourth-order valence-corrected chi connectivity index (χ4v) is 3.66. The van der Waals surface area contributed by atoms with Crippen LogP contribution in [0.2, 0.25) is 0 Å². The van der Waals surface area contributed by atoms with Crippen molar-refractivity contribution in [1.29, 1.82) is 0 Å². The van der Waals surface area contributed by atoms with Gasteiger partial charge in [0.15, 0.2) is 0 Å². The summed E-state index contributed by atoms with van der Waals surface area (Å²) in [6.45, 7) is 10.8. The zero-order valence-electron chi connectivity index (χ0n) is 16.2. The van der Waals surface area contributed by atoms with Crippen molar-refractivity contribution in [3.05, 3.63) is 47.2 Å². The van der Waals surface area contributed by atoms with Crippen molar-refractivity contribution < 1.29 is 4.74 Å². The minimum Gasteiger partial charge on any atom is -0.438 e. The summed E-state index contributed by atoms with van der Waals surface area (Å²) in [6, 6.07) is 9.06. The molecule has 2 aromatic rings. The van der Waals surface area contributed by atoms with Gasteiger partial charge in [0.2, 0.25) is 5.88 Å². The molecule has 0 saturated heterocycles. The second-order valence-electron chi connectivity index (χ2n) is 7.19. The van der Waals surface area contributed by atoms with Gasteiger partial charge in [-0.2, -0.15) is 0 Å². The Labute approximate surface area is 146 Å². The Balaban J connectivity index is 2.35. The molecule has 0 unspecified atom stereocenters. The molecule has 1 heterocycles. The number of rotatable bonds is 6. The van der Waals surface area contributed by atoms with Gasteiger partial charge in [-0.05, 0) is 44.7 Å². The Kier molecular flexibility index (Phi) is 5.66. The Hall–Kier alpha value is -1.87. The van der Waals surface area contributed by atoms with Crippen LogP contribution in [-0.4, -0.2) is 25.1 Å². The van der Waals surface area contributed by atoms with E-state index in [2.05, 4.69) is 78.0 Å². The summed E-state index contributed by atoms with van der Waals surface area (Å²) in [5.74, 6) is 1.58. The van der Waals surface area contributed by atoms with Crippen molar-refractivity contribution >= 4 is 5.69 Å². The molecule has 0 radical (unpaired) electrons. The maximum absolute atomic E-state index is 6.16. The van der Waals surface area contributed by atoms with E-state index in [-0.39, 0.29) is 0 Å². The van der Waals surface area contributed by atoms with Gasteiger partial charge in [-0.3, -0.25) is 4.48 Å². The third-order valence-corrected chi connectivity index (χ3v) is 5.05.